The van der Waals surface area contributed by atoms with E-state index >= 15 is 0 Å². The lowest BCUT2D eigenvalue weighted by atomic mass is 10.2. The van der Waals surface area contributed by atoms with Crippen LogP contribution in [0.25, 0.3) is 0 Å². The van der Waals surface area contributed by atoms with E-state index < -0.39 is 11.8 Å². The highest BCUT2D eigenvalue weighted by Gasteiger charge is 2.12. The highest BCUT2D eigenvalue weighted by molar-refractivity contribution is 6.00. The first-order valence-corrected chi connectivity index (χ1v) is 6.73. The Bertz CT molecular complexity index is 741. The molecule has 0 spiro atoms. The van der Waals surface area contributed by atoms with Crippen LogP contribution < -0.4 is 16.2 Å². The largest absolute Gasteiger partial charge is 0.507 e. The summed E-state index contributed by atoms with van der Waals surface area (Å²) < 4.78 is 0. The van der Waals surface area contributed by atoms with Crippen molar-refractivity contribution in [3.8, 4) is 5.75 Å². The number of hydrogen-bond donors (Lipinski definition) is 4. The van der Waals surface area contributed by atoms with Gasteiger partial charge in [-0.1, -0.05) is 12.1 Å². The standard InChI is InChI=1S/C16H15N3O4/c1-10(20)17-12-8-6-11(7-9-12)15(22)18-19-16(23)13-4-2-3-5-14(13)21/h2-9,21H,1H3,(H,17,20)(H,18,22)(H,19,23). The van der Waals surface area contributed by atoms with Gasteiger partial charge in [0.05, 0.1) is 5.56 Å². The van der Waals surface area contributed by atoms with Crippen LogP contribution in [0.3, 0.4) is 0 Å². The quantitative estimate of drug-likeness (QED) is 0.643. The van der Waals surface area contributed by atoms with Gasteiger partial charge < -0.3 is 10.4 Å². The molecule has 3 amide bonds. The fourth-order valence-corrected chi connectivity index (χ4v) is 1.83. The molecule has 0 heterocycles. The Morgan fingerprint density at radius 2 is 1.48 bits per heavy atom. The molecule has 2 aromatic rings. The molecule has 0 saturated heterocycles. The number of rotatable bonds is 3. The Balaban J connectivity index is 1.95. The van der Waals surface area contributed by atoms with Gasteiger partial charge in [-0.15, -0.1) is 0 Å². The number of carbonyl (C=O) groups excluding carboxylic acids is 3. The van der Waals surface area contributed by atoms with Gasteiger partial charge in [0, 0.05) is 18.2 Å². The fourth-order valence-electron chi connectivity index (χ4n) is 1.83. The van der Waals surface area contributed by atoms with Gasteiger partial charge in [0.2, 0.25) is 5.91 Å². The van der Waals surface area contributed by atoms with Gasteiger partial charge in [-0.05, 0) is 36.4 Å². The van der Waals surface area contributed by atoms with Crippen LogP contribution in [0.2, 0.25) is 0 Å². The number of carbonyl (C=O) groups is 3. The number of nitrogens with one attached hydrogen (secondary N) is 3. The first-order valence-electron chi connectivity index (χ1n) is 6.73. The van der Waals surface area contributed by atoms with Crippen molar-refractivity contribution < 1.29 is 19.5 Å². The zero-order chi connectivity index (χ0) is 16.8. The first kappa shape index (κ1) is 16.0. The molecule has 7 nitrogen and oxygen atoms in total. The molecule has 2 rings (SSSR count). The number of aromatic hydroxyl groups is 1. The number of hydrogen-bond acceptors (Lipinski definition) is 4. The minimum atomic E-state index is -0.633. The molecule has 0 bridgehead atoms. The van der Waals surface area contributed by atoms with E-state index in [-0.39, 0.29) is 17.2 Å². The highest BCUT2D eigenvalue weighted by atomic mass is 16.3. The van der Waals surface area contributed by atoms with Crippen LogP contribution in [0.4, 0.5) is 5.69 Å². The molecular formula is C16H15N3O4. The van der Waals surface area contributed by atoms with Gasteiger partial charge in [0.25, 0.3) is 11.8 Å². The molecule has 23 heavy (non-hydrogen) atoms. The minimum absolute atomic E-state index is 0.0498. The van der Waals surface area contributed by atoms with Gasteiger partial charge in [0.15, 0.2) is 0 Å². The Hall–Kier alpha value is -3.35. The summed E-state index contributed by atoms with van der Waals surface area (Å²) in [6, 6.07) is 12.1. The molecule has 0 aliphatic carbocycles. The van der Waals surface area contributed by atoms with Crippen molar-refractivity contribution >= 4 is 23.4 Å². The van der Waals surface area contributed by atoms with Gasteiger partial charge in [0.1, 0.15) is 5.75 Å². The molecule has 7 heteroatoms. The van der Waals surface area contributed by atoms with E-state index in [2.05, 4.69) is 16.2 Å². The molecule has 0 unspecified atom stereocenters. The van der Waals surface area contributed by atoms with E-state index in [0.717, 1.165) is 0 Å². The predicted molar refractivity (Wildman–Crippen MR) is 83.8 cm³/mol. The topological polar surface area (TPSA) is 108 Å². The van der Waals surface area contributed by atoms with Gasteiger partial charge in [-0.3, -0.25) is 25.2 Å². The number of phenolic OH excluding ortho intramolecular Hbond substituents is 1. The number of benzene rings is 2. The lowest BCUT2D eigenvalue weighted by Crippen LogP contribution is -2.41. The second-order valence-electron chi connectivity index (χ2n) is 4.68. The molecule has 0 aliphatic heterocycles. The number of phenols is 1. The van der Waals surface area contributed by atoms with Crippen LogP contribution in [0.15, 0.2) is 48.5 Å². The number of anilines is 1. The zero-order valence-corrected chi connectivity index (χ0v) is 12.3. The van der Waals surface area contributed by atoms with Crippen molar-refractivity contribution in [2.24, 2.45) is 0 Å². The summed E-state index contributed by atoms with van der Waals surface area (Å²) in [7, 11) is 0. The van der Waals surface area contributed by atoms with E-state index in [4.69, 9.17) is 0 Å². The maximum atomic E-state index is 11.9. The van der Waals surface area contributed by atoms with Crippen molar-refractivity contribution in [1.29, 1.82) is 0 Å². The second-order valence-corrected chi connectivity index (χ2v) is 4.68. The van der Waals surface area contributed by atoms with Gasteiger partial charge >= 0.3 is 0 Å². The first-order chi connectivity index (χ1) is 11.0. The van der Waals surface area contributed by atoms with Crippen LogP contribution in [-0.2, 0) is 4.79 Å². The normalized spacial score (nSPS) is 9.78. The Morgan fingerprint density at radius 3 is 2.09 bits per heavy atom. The SMILES string of the molecule is CC(=O)Nc1ccc(C(=O)NNC(=O)c2ccccc2O)cc1. The van der Waals surface area contributed by atoms with Crippen molar-refractivity contribution in [3.63, 3.8) is 0 Å². The van der Waals surface area contributed by atoms with E-state index in [9.17, 15) is 19.5 Å². The lowest BCUT2D eigenvalue weighted by molar-refractivity contribution is -0.114. The van der Waals surface area contributed by atoms with E-state index in [1.54, 1.807) is 24.3 Å². The monoisotopic (exact) mass is 313 g/mol. The summed E-state index contributed by atoms with van der Waals surface area (Å²) in [4.78, 5) is 34.7. The molecular weight excluding hydrogens is 298 g/mol. The van der Waals surface area contributed by atoms with Gasteiger partial charge in [-0.2, -0.15) is 0 Å². The van der Waals surface area contributed by atoms with Crippen molar-refractivity contribution in [2.75, 3.05) is 5.32 Å². The molecule has 0 fully saturated rings. The fraction of sp³-hybridized carbons (Fsp3) is 0.0625. The van der Waals surface area contributed by atoms with Crippen molar-refractivity contribution in [3.05, 3.63) is 59.7 Å². The summed E-state index contributed by atoms with van der Waals surface area (Å²) in [6.45, 7) is 1.38. The molecule has 0 atom stereocenters. The molecule has 4 N–H and O–H groups in total. The van der Waals surface area contributed by atoms with E-state index in [0.29, 0.717) is 11.3 Å². The Morgan fingerprint density at radius 1 is 0.870 bits per heavy atom. The second kappa shape index (κ2) is 7.08. The van der Waals surface area contributed by atoms with E-state index in [1.807, 2.05) is 0 Å². The number of amides is 3. The third kappa shape index (κ3) is 4.31. The van der Waals surface area contributed by atoms with Crippen LogP contribution in [0.5, 0.6) is 5.75 Å². The smallest absolute Gasteiger partial charge is 0.273 e. The molecule has 118 valence electrons. The summed E-state index contributed by atoms with van der Waals surface area (Å²) in [6.07, 6.45) is 0. The Kier molecular flexibility index (Phi) is 4.93. The molecule has 0 aliphatic rings. The zero-order valence-electron chi connectivity index (χ0n) is 12.3. The molecule has 0 radical (unpaired) electrons. The molecule has 0 saturated carbocycles. The summed E-state index contributed by atoms with van der Waals surface area (Å²) in [5.74, 6) is -1.55. The summed E-state index contributed by atoms with van der Waals surface area (Å²) in [5.41, 5.74) is 5.38. The molecule has 2 aromatic carbocycles. The maximum Gasteiger partial charge on any atom is 0.273 e. The van der Waals surface area contributed by atoms with Crippen LogP contribution in [0.1, 0.15) is 27.6 Å². The average molecular weight is 313 g/mol. The minimum Gasteiger partial charge on any atom is -0.507 e. The average Bonchev–Trinajstić information content (AvgIpc) is 2.53. The maximum absolute atomic E-state index is 11.9. The van der Waals surface area contributed by atoms with Crippen LogP contribution in [0, 0.1) is 0 Å². The van der Waals surface area contributed by atoms with E-state index in [1.165, 1.54) is 31.2 Å². The summed E-state index contributed by atoms with van der Waals surface area (Å²) in [5, 5.41) is 12.1. The third-order valence-corrected chi connectivity index (χ3v) is 2.91. The van der Waals surface area contributed by atoms with Crippen molar-refractivity contribution in [2.45, 2.75) is 6.92 Å². The third-order valence-electron chi connectivity index (χ3n) is 2.91. The predicted octanol–water partition coefficient (Wildman–Crippen LogP) is 1.43. The molecule has 0 aromatic heterocycles. The van der Waals surface area contributed by atoms with Crippen LogP contribution >= 0.6 is 0 Å². The van der Waals surface area contributed by atoms with Crippen LogP contribution in [-0.4, -0.2) is 22.8 Å². The van der Waals surface area contributed by atoms with Crippen molar-refractivity contribution in [1.82, 2.24) is 10.9 Å². The number of para-hydroxylation sites is 1. The highest BCUT2D eigenvalue weighted by Crippen LogP contribution is 2.14. The lowest BCUT2D eigenvalue weighted by Gasteiger charge is -2.09. The Labute approximate surface area is 132 Å². The number of hydrazine groups is 1. The summed E-state index contributed by atoms with van der Waals surface area (Å²) >= 11 is 0. The van der Waals surface area contributed by atoms with Gasteiger partial charge in [-0.25, -0.2) is 0 Å².